The highest BCUT2D eigenvalue weighted by Crippen LogP contribution is 2.27. The molecule has 2 heterocycles. The maximum Gasteiger partial charge on any atom is 0.258 e. The van der Waals surface area contributed by atoms with Crippen molar-refractivity contribution in [1.29, 1.82) is 0 Å². The number of nitrogens with one attached hydrogen (secondary N) is 1. The monoisotopic (exact) mass is 523 g/mol. The summed E-state index contributed by atoms with van der Waals surface area (Å²) in [5.74, 6) is -1.59. The van der Waals surface area contributed by atoms with Crippen LogP contribution in [0.25, 0.3) is 11.3 Å². The topological polar surface area (TPSA) is 110 Å². The molecule has 0 amide bonds. The Morgan fingerprint density at radius 3 is 2.49 bits per heavy atom. The van der Waals surface area contributed by atoms with Gasteiger partial charge in [0.25, 0.3) is 5.88 Å². The van der Waals surface area contributed by atoms with Crippen LogP contribution in [0.2, 0.25) is 5.02 Å². The van der Waals surface area contributed by atoms with Gasteiger partial charge in [-0.1, -0.05) is 23.7 Å². The van der Waals surface area contributed by atoms with Crippen LogP contribution in [0.15, 0.2) is 42.6 Å². The van der Waals surface area contributed by atoms with Crippen LogP contribution in [0, 0.1) is 11.6 Å². The fraction of sp³-hybridized carbons (Fsp3) is 0.304. The van der Waals surface area contributed by atoms with Crippen molar-refractivity contribution in [3.63, 3.8) is 0 Å². The average Bonchev–Trinajstić information content (AvgIpc) is 3.36. The number of anilines is 2. The van der Waals surface area contributed by atoms with E-state index in [1.54, 1.807) is 24.3 Å². The number of sulfonamides is 1. The van der Waals surface area contributed by atoms with E-state index in [0.29, 0.717) is 23.5 Å². The third-order valence-corrected chi connectivity index (χ3v) is 7.26. The Kier molecular flexibility index (Phi) is 7.68. The number of hydrogen-bond donors (Lipinski definition) is 2. The summed E-state index contributed by atoms with van der Waals surface area (Å²) in [5.41, 5.74) is 7.10. The number of nitrogens with two attached hydrogens (primary N) is 1. The summed E-state index contributed by atoms with van der Waals surface area (Å²) >= 11 is 5.83. The molecule has 1 aliphatic rings. The molecule has 0 bridgehead atoms. The van der Waals surface area contributed by atoms with Crippen molar-refractivity contribution in [3.8, 4) is 17.1 Å². The molecule has 12 heteroatoms. The molecule has 0 radical (unpaired) electrons. The van der Waals surface area contributed by atoms with Crippen molar-refractivity contribution < 1.29 is 21.9 Å². The van der Waals surface area contributed by atoms with Gasteiger partial charge in [-0.15, -0.1) is 0 Å². The van der Waals surface area contributed by atoms with Crippen molar-refractivity contribution in [1.82, 2.24) is 14.9 Å². The van der Waals surface area contributed by atoms with Crippen molar-refractivity contribution in [2.75, 3.05) is 35.8 Å². The summed E-state index contributed by atoms with van der Waals surface area (Å²) in [6, 6.07) is 8.45. The maximum atomic E-state index is 14.0. The van der Waals surface area contributed by atoms with E-state index in [1.165, 1.54) is 6.20 Å². The molecule has 3 N–H and O–H groups in total. The molecule has 1 aliphatic heterocycles. The molecule has 2 aromatic carbocycles. The quantitative estimate of drug-likeness (QED) is 0.407. The minimum absolute atomic E-state index is 0.0226. The van der Waals surface area contributed by atoms with E-state index in [2.05, 4.69) is 19.6 Å². The minimum Gasteiger partial charge on any atom is -0.470 e. The SMILES string of the molecule is Nc1ncc(-c2ccc(NS(=O)(=O)CCN3CCCC3)cc2)nc1OCc1c(F)ccc(F)c1Cl. The number of halogens is 3. The van der Waals surface area contributed by atoms with E-state index in [-0.39, 0.29) is 28.0 Å². The smallest absolute Gasteiger partial charge is 0.258 e. The second-order valence-electron chi connectivity index (χ2n) is 8.10. The Morgan fingerprint density at radius 1 is 1.09 bits per heavy atom. The van der Waals surface area contributed by atoms with Crippen LogP contribution < -0.4 is 15.2 Å². The molecule has 1 aromatic heterocycles. The predicted molar refractivity (Wildman–Crippen MR) is 131 cm³/mol. The number of nitrogens with zero attached hydrogens (tertiary/aromatic N) is 3. The number of nitrogen functional groups attached to an aromatic ring is 1. The summed E-state index contributed by atoms with van der Waals surface area (Å²) in [4.78, 5) is 10.5. The van der Waals surface area contributed by atoms with Crippen LogP contribution >= 0.6 is 11.6 Å². The average molecular weight is 524 g/mol. The normalized spacial score (nSPS) is 14.3. The van der Waals surface area contributed by atoms with Crippen molar-refractivity contribution in [2.45, 2.75) is 19.4 Å². The van der Waals surface area contributed by atoms with Crippen LogP contribution in [0.4, 0.5) is 20.3 Å². The highest BCUT2D eigenvalue weighted by atomic mass is 35.5. The van der Waals surface area contributed by atoms with Crippen molar-refractivity contribution >= 4 is 33.1 Å². The van der Waals surface area contributed by atoms with Gasteiger partial charge in [-0.25, -0.2) is 27.2 Å². The van der Waals surface area contributed by atoms with Crippen molar-refractivity contribution in [2.24, 2.45) is 0 Å². The number of likely N-dealkylation sites (tertiary alicyclic amines) is 1. The molecule has 35 heavy (non-hydrogen) atoms. The molecule has 3 aromatic rings. The first-order valence-electron chi connectivity index (χ1n) is 10.9. The number of benzene rings is 2. The zero-order valence-corrected chi connectivity index (χ0v) is 20.2. The second-order valence-corrected chi connectivity index (χ2v) is 10.3. The number of ether oxygens (including phenoxy) is 1. The van der Waals surface area contributed by atoms with Crippen LogP contribution in [0.1, 0.15) is 18.4 Å². The predicted octanol–water partition coefficient (Wildman–Crippen LogP) is 4.07. The lowest BCUT2D eigenvalue weighted by Gasteiger charge is -2.15. The zero-order valence-electron chi connectivity index (χ0n) is 18.7. The molecule has 1 fully saturated rings. The summed E-state index contributed by atoms with van der Waals surface area (Å²) in [6.45, 7) is 1.97. The molecule has 4 rings (SSSR count). The second kappa shape index (κ2) is 10.7. The molecular formula is C23H24ClF2N5O3S. The fourth-order valence-corrected chi connectivity index (χ4v) is 4.97. The van der Waals surface area contributed by atoms with E-state index in [1.807, 2.05) is 0 Å². The van der Waals surface area contributed by atoms with Gasteiger partial charge < -0.3 is 15.4 Å². The third kappa shape index (κ3) is 6.36. The van der Waals surface area contributed by atoms with Crippen LogP contribution in [-0.2, 0) is 16.6 Å². The van der Waals surface area contributed by atoms with E-state index < -0.39 is 28.3 Å². The third-order valence-electron chi connectivity index (χ3n) is 5.59. The van der Waals surface area contributed by atoms with Gasteiger partial charge in [0.2, 0.25) is 10.0 Å². The lowest BCUT2D eigenvalue weighted by Crippen LogP contribution is -2.29. The Morgan fingerprint density at radius 2 is 1.77 bits per heavy atom. The zero-order chi connectivity index (χ0) is 25.0. The molecule has 0 aliphatic carbocycles. The first-order chi connectivity index (χ1) is 16.7. The molecule has 0 unspecified atom stereocenters. The van der Waals surface area contributed by atoms with E-state index >= 15 is 0 Å². The Hall–Kier alpha value is -3.02. The van der Waals surface area contributed by atoms with Gasteiger partial charge in [0.15, 0.2) is 5.82 Å². The number of rotatable bonds is 9. The minimum atomic E-state index is -3.48. The van der Waals surface area contributed by atoms with Crippen LogP contribution in [-0.4, -0.2) is 48.7 Å². The summed E-state index contributed by atoms with van der Waals surface area (Å²) < 4.78 is 60.5. The van der Waals surface area contributed by atoms with Gasteiger partial charge in [-0.2, -0.15) is 0 Å². The molecule has 0 spiro atoms. The van der Waals surface area contributed by atoms with Gasteiger partial charge in [0, 0.05) is 23.4 Å². The van der Waals surface area contributed by atoms with Gasteiger partial charge in [0.05, 0.1) is 22.7 Å². The molecule has 0 saturated carbocycles. The standard InChI is InChI=1S/C23H24ClF2N5O3S/c24-21-17(18(25)7-8-19(21)26)14-34-23-22(27)28-13-20(29-23)15-3-5-16(6-4-15)30-35(32,33)12-11-31-9-1-2-10-31/h3-8,13,30H,1-2,9-12,14H2,(H2,27,28). The molecular weight excluding hydrogens is 500 g/mol. The van der Waals surface area contributed by atoms with Gasteiger partial charge in [-0.3, -0.25) is 4.72 Å². The molecule has 186 valence electrons. The first kappa shape index (κ1) is 25.1. The fourth-order valence-electron chi connectivity index (χ4n) is 3.66. The highest BCUT2D eigenvalue weighted by Gasteiger charge is 2.17. The molecule has 0 atom stereocenters. The summed E-state index contributed by atoms with van der Waals surface area (Å²) in [5, 5.41) is -0.383. The van der Waals surface area contributed by atoms with Crippen LogP contribution in [0.3, 0.4) is 0 Å². The number of aromatic nitrogens is 2. The lowest BCUT2D eigenvalue weighted by molar-refractivity contribution is 0.288. The highest BCUT2D eigenvalue weighted by molar-refractivity contribution is 7.92. The van der Waals surface area contributed by atoms with Gasteiger partial charge in [-0.05, 0) is 50.2 Å². The Labute approximate surface area is 207 Å². The first-order valence-corrected chi connectivity index (χ1v) is 13.0. The van der Waals surface area contributed by atoms with E-state index in [9.17, 15) is 17.2 Å². The number of hydrogen-bond acceptors (Lipinski definition) is 7. The summed E-state index contributed by atoms with van der Waals surface area (Å²) in [6.07, 6.45) is 3.63. The maximum absolute atomic E-state index is 14.0. The van der Waals surface area contributed by atoms with Gasteiger partial charge >= 0.3 is 0 Å². The molecule has 8 nitrogen and oxygen atoms in total. The van der Waals surface area contributed by atoms with Crippen LogP contribution in [0.5, 0.6) is 5.88 Å². The molecule has 1 saturated heterocycles. The largest absolute Gasteiger partial charge is 0.470 e. The van der Waals surface area contributed by atoms with E-state index in [4.69, 9.17) is 22.1 Å². The Bertz CT molecular complexity index is 1300. The van der Waals surface area contributed by atoms with Crippen molar-refractivity contribution in [3.05, 3.63) is 64.8 Å². The Balaban J connectivity index is 1.43. The lowest BCUT2D eigenvalue weighted by atomic mass is 10.1. The summed E-state index contributed by atoms with van der Waals surface area (Å²) in [7, 11) is -3.48. The van der Waals surface area contributed by atoms with Gasteiger partial charge in [0.1, 0.15) is 18.2 Å². The van der Waals surface area contributed by atoms with E-state index in [0.717, 1.165) is 38.1 Å².